The molecule has 2 aromatic heterocycles. The summed E-state index contributed by atoms with van der Waals surface area (Å²) >= 11 is 1.52. The summed E-state index contributed by atoms with van der Waals surface area (Å²) in [5.41, 5.74) is 0.776. The number of hydrogen-bond donors (Lipinski definition) is 1. The van der Waals surface area contributed by atoms with Gasteiger partial charge in [0.1, 0.15) is 11.8 Å². The number of oxazole rings is 1. The molecule has 3 amide bonds. The van der Waals surface area contributed by atoms with E-state index in [9.17, 15) is 9.59 Å². The third-order valence-corrected chi connectivity index (χ3v) is 5.56. The van der Waals surface area contributed by atoms with E-state index in [2.05, 4.69) is 10.3 Å². The lowest BCUT2D eigenvalue weighted by Gasteiger charge is -2.21. The number of carbonyl (C=O) groups is 2. The molecule has 1 fully saturated rings. The maximum atomic E-state index is 12.9. The second-order valence-corrected chi connectivity index (χ2v) is 7.71. The van der Waals surface area contributed by atoms with Crippen molar-refractivity contribution in [2.75, 3.05) is 0 Å². The number of aryl methyl sites for hydroxylation is 1. The molecule has 6 nitrogen and oxygen atoms in total. The Bertz CT molecular complexity index is 952. The van der Waals surface area contributed by atoms with Crippen LogP contribution in [0.4, 0.5) is 4.79 Å². The number of hydrogen-bond acceptors (Lipinski definition) is 5. The lowest BCUT2D eigenvalue weighted by molar-refractivity contribution is -0.131. The Labute approximate surface area is 160 Å². The molecule has 3 heterocycles. The fraction of sp³-hybridized carbons (Fsp3) is 0.250. The molecule has 138 valence electrons. The largest absolute Gasteiger partial charge is 0.443 e. The first kappa shape index (κ1) is 17.5. The minimum atomic E-state index is -0.909. The van der Waals surface area contributed by atoms with Crippen molar-refractivity contribution in [3.05, 3.63) is 65.4 Å². The van der Waals surface area contributed by atoms with Crippen molar-refractivity contribution in [1.29, 1.82) is 0 Å². The van der Waals surface area contributed by atoms with Crippen LogP contribution in [0.2, 0.25) is 0 Å². The first-order valence-corrected chi connectivity index (χ1v) is 9.59. The number of aromatic nitrogens is 1. The van der Waals surface area contributed by atoms with Crippen molar-refractivity contribution in [2.45, 2.75) is 31.8 Å². The van der Waals surface area contributed by atoms with Gasteiger partial charge in [-0.05, 0) is 36.8 Å². The summed E-state index contributed by atoms with van der Waals surface area (Å²) in [6, 6.07) is 13.4. The van der Waals surface area contributed by atoms with Crippen LogP contribution in [0.1, 0.15) is 24.6 Å². The Morgan fingerprint density at radius 2 is 2.00 bits per heavy atom. The van der Waals surface area contributed by atoms with Crippen LogP contribution < -0.4 is 5.32 Å². The molecule has 7 heteroatoms. The molecule has 1 aliphatic rings. The highest BCUT2D eigenvalue weighted by Crippen LogP contribution is 2.27. The number of amides is 3. The van der Waals surface area contributed by atoms with Crippen LogP contribution in [-0.4, -0.2) is 27.4 Å². The molecule has 27 heavy (non-hydrogen) atoms. The number of imide groups is 1. The third-order valence-electron chi connectivity index (χ3n) is 4.71. The third kappa shape index (κ3) is 3.50. The van der Waals surface area contributed by atoms with Gasteiger partial charge in [0, 0.05) is 0 Å². The van der Waals surface area contributed by atoms with Crippen LogP contribution in [-0.2, 0) is 17.8 Å². The van der Waals surface area contributed by atoms with E-state index in [0.717, 1.165) is 10.4 Å². The van der Waals surface area contributed by atoms with E-state index in [1.807, 2.05) is 47.8 Å². The number of thiophene rings is 1. The molecular formula is C20H19N3O3S. The number of nitrogens with one attached hydrogen (secondary N) is 1. The fourth-order valence-corrected chi connectivity index (χ4v) is 3.81. The molecule has 4 rings (SSSR count). The van der Waals surface area contributed by atoms with Gasteiger partial charge in [-0.25, -0.2) is 9.78 Å². The van der Waals surface area contributed by atoms with Gasteiger partial charge < -0.3 is 9.73 Å². The Morgan fingerprint density at radius 1 is 1.19 bits per heavy atom. The number of nitrogens with zero attached hydrogens (tertiary/aromatic N) is 2. The predicted octanol–water partition coefficient (Wildman–Crippen LogP) is 3.85. The second kappa shape index (κ2) is 7.00. The maximum Gasteiger partial charge on any atom is 0.325 e. The topological polar surface area (TPSA) is 75.4 Å². The number of benzene rings is 1. The Balaban J connectivity index is 1.45. The Kier molecular flexibility index (Phi) is 4.53. The molecule has 1 N–H and O–H groups in total. The van der Waals surface area contributed by atoms with Gasteiger partial charge in [-0.3, -0.25) is 9.69 Å². The molecule has 0 unspecified atom stereocenters. The molecular weight excluding hydrogens is 362 g/mol. The van der Waals surface area contributed by atoms with Crippen LogP contribution in [0.5, 0.6) is 0 Å². The molecule has 0 bridgehead atoms. The second-order valence-electron chi connectivity index (χ2n) is 6.76. The van der Waals surface area contributed by atoms with Gasteiger partial charge in [-0.1, -0.05) is 36.4 Å². The van der Waals surface area contributed by atoms with Crippen molar-refractivity contribution in [1.82, 2.24) is 15.2 Å². The molecule has 0 radical (unpaired) electrons. The molecule has 1 saturated heterocycles. The van der Waals surface area contributed by atoms with Gasteiger partial charge in [0.05, 0.1) is 17.1 Å². The average Bonchev–Trinajstić information content (AvgIpc) is 3.39. The summed E-state index contributed by atoms with van der Waals surface area (Å²) in [4.78, 5) is 31.8. The summed E-state index contributed by atoms with van der Waals surface area (Å²) in [6.07, 6.45) is 2.75. The smallest absolute Gasteiger partial charge is 0.325 e. The van der Waals surface area contributed by atoms with E-state index in [1.54, 1.807) is 6.92 Å². The van der Waals surface area contributed by atoms with E-state index in [-0.39, 0.29) is 12.5 Å². The molecule has 3 aromatic rings. The quantitative estimate of drug-likeness (QED) is 0.658. The van der Waals surface area contributed by atoms with Crippen LogP contribution in [0.15, 0.2) is 58.5 Å². The minimum Gasteiger partial charge on any atom is -0.443 e. The average molecular weight is 381 g/mol. The van der Waals surface area contributed by atoms with Gasteiger partial charge in [0.25, 0.3) is 5.91 Å². The van der Waals surface area contributed by atoms with E-state index in [1.165, 1.54) is 22.5 Å². The maximum absolute atomic E-state index is 12.9. The summed E-state index contributed by atoms with van der Waals surface area (Å²) in [5, 5.41) is 4.78. The van der Waals surface area contributed by atoms with Crippen LogP contribution in [0.3, 0.4) is 0 Å². The molecule has 0 aliphatic carbocycles. The zero-order valence-corrected chi connectivity index (χ0v) is 15.7. The van der Waals surface area contributed by atoms with E-state index in [0.29, 0.717) is 24.4 Å². The van der Waals surface area contributed by atoms with Crippen molar-refractivity contribution in [3.63, 3.8) is 0 Å². The summed E-state index contributed by atoms with van der Waals surface area (Å²) in [6.45, 7) is 1.87. The van der Waals surface area contributed by atoms with Crippen LogP contribution in [0.25, 0.3) is 10.8 Å². The van der Waals surface area contributed by atoms with Crippen LogP contribution in [0, 0.1) is 0 Å². The summed E-state index contributed by atoms with van der Waals surface area (Å²) in [7, 11) is 0. The highest BCUT2D eigenvalue weighted by molar-refractivity contribution is 7.13. The number of carbonyl (C=O) groups excluding carboxylic acids is 2. The minimum absolute atomic E-state index is 0.0977. The zero-order valence-electron chi connectivity index (χ0n) is 14.8. The molecule has 0 spiro atoms. The molecule has 1 atom stereocenters. The highest BCUT2D eigenvalue weighted by atomic mass is 32.1. The summed E-state index contributed by atoms with van der Waals surface area (Å²) < 4.78 is 5.48. The normalized spacial score (nSPS) is 19.5. The van der Waals surface area contributed by atoms with Crippen molar-refractivity contribution >= 4 is 23.3 Å². The van der Waals surface area contributed by atoms with Crippen molar-refractivity contribution in [3.8, 4) is 10.8 Å². The van der Waals surface area contributed by atoms with E-state index >= 15 is 0 Å². The van der Waals surface area contributed by atoms with E-state index in [4.69, 9.17) is 4.42 Å². The zero-order chi connectivity index (χ0) is 18.9. The van der Waals surface area contributed by atoms with Crippen molar-refractivity contribution < 1.29 is 14.0 Å². The lowest BCUT2D eigenvalue weighted by Crippen LogP contribution is -2.44. The van der Waals surface area contributed by atoms with Gasteiger partial charge in [-0.2, -0.15) is 0 Å². The van der Waals surface area contributed by atoms with Crippen molar-refractivity contribution in [2.24, 2.45) is 0 Å². The number of rotatable bonds is 6. The Hall–Kier alpha value is -2.93. The SMILES string of the molecule is C[C@@]1(CCc2ccccc2)NC(=O)N(Cc2coc(-c3cccs3)n2)C1=O. The molecule has 0 saturated carbocycles. The van der Waals surface area contributed by atoms with Gasteiger partial charge in [0.2, 0.25) is 5.89 Å². The highest BCUT2D eigenvalue weighted by Gasteiger charge is 2.47. The van der Waals surface area contributed by atoms with Gasteiger partial charge >= 0.3 is 6.03 Å². The first-order valence-electron chi connectivity index (χ1n) is 8.71. The van der Waals surface area contributed by atoms with E-state index < -0.39 is 11.6 Å². The molecule has 1 aromatic carbocycles. The Morgan fingerprint density at radius 3 is 2.74 bits per heavy atom. The summed E-state index contributed by atoms with van der Waals surface area (Å²) in [5.74, 6) is 0.267. The predicted molar refractivity (Wildman–Crippen MR) is 102 cm³/mol. The monoisotopic (exact) mass is 381 g/mol. The van der Waals surface area contributed by atoms with Crippen LogP contribution >= 0.6 is 11.3 Å². The first-order chi connectivity index (χ1) is 13.0. The standard InChI is InChI=1S/C20H19N3O3S/c1-20(10-9-14-6-3-2-4-7-14)18(24)23(19(25)22-20)12-15-13-26-17(21-15)16-8-5-11-27-16/h2-8,11,13H,9-10,12H2,1H3,(H,22,25)/t20-/m0/s1. The lowest BCUT2D eigenvalue weighted by atomic mass is 9.93. The van der Waals surface area contributed by atoms with Gasteiger partial charge in [-0.15, -0.1) is 11.3 Å². The number of urea groups is 1. The fourth-order valence-electron chi connectivity index (χ4n) is 3.15. The van der Waals surface area contributed by atoms with Gasteiger partial charge in [0.15, 0.2) is 0 Å². The molecule has 1 aliphatic heterocycles.